The highest BCUT2D eigenvalue weighted by Gasteiger charge is 2.24. The van der Waals surface area contributed by atoms with Gasteiger partial charge in [0.05, 0.1) is 19.3 Å². The lowest BCUT2D eigenvalue weighted by Gasteiger charge is -2.36. The summed E-state index contributed by atoms with van der Waals surface area (Å²) in [6.45, 7) is 4.86. The van der Waals surface area contributed by atoms with E-state index in [-0.39, 0.29) is 6.04 Å². The van der Waals surface area contributed by atoms with Crippen molar-refractivity contribution in [1.29, 1.82) is 0 Å². The van der Waals surface area contributed by atoms with E-state index in [9.17, 15) is 0 Å². The molecule has 6 heteroatoms. The Balaban J connectivity index is 2.08. The number of pyridine rings is 1. The van der Waals surface area contributed by atoms with Crippen molar-refractivity contribution in [3.8, 4) is 0 Å². The van der Waals surface area contributed by atoms with Crippen LogP contribution in [0.15, 0.2) is 18.5 Å². The first-order valence-corrected chi connectivity index (χ1v) is 6.14. The Kier molecular flexibility index (Phi) is 2.89. The van der Waals surface area contributed by atoms with E-state index in [1.54, 1.807) is 6.33 Å². The molecule has 3 heterocycles. The van der Waals surface area contributed by atoms with Gasteiger partial charge in [-0.3, -0.25) is 0 Å². The Morgan fingerprint density at radius 1 is 1.50 bits per heavy atom. The molecule has 6 nitrogen and oxygen atoms in total. The third-order valence-electron chi connectivity index (χ3n) is 3.30. The molecule has 0 bridgehead atoms. The summed E-state index contributed by atoms with van der Waals surface area (Å²) in [6.07, 6.45) is 1.58. The predicted octanol–water partition coefficient (Wildman–Crippen LogP) is 0.202. The van der Waals surface area contributed by atoms with Gasteiger partial charge in [0.15, 0.2) is 5.65 Å². The quantitative estimate of drug-likeness (QED) is 0.821. The number of aromatic nitrogens is 3. The first-order chi connectivity index (χ1) is 8.79. The molecule has 1 unspecified atom stereocenters. The average Bonchev–Trinajstić information content (AvgIpc) is 2.85. The predicted molar refractivity (Wildman–Crippen MR) is 68.7 cm³/mol. The first kappa shape index (κ1) is 11.4. The van der Waals surface area contributed by atoms with Gasteiger partial charge in [0.1, 0.15) is 12.1 Å². The van der Waals surface area contributed by atoms with Crippen LogP contribution in [-0.4, -0.2) is 46.9 Å². The number of morpholine rings is 1. The van der Waals surface area contributed by atoms with Crippen molar-refractivity contribution in [3.05, 3.63) is 24.0 Å². The zero-order chi connectivity index (χ0) is 12.5. The molecule has 0 amide bonds. The largest absolute Gasteiger partial charge is 0.377 e. The number of anilines is 1. The Labute approximate surface area is 105 Å². The van der Waals surface area contributed by atoms with Gasteiger partial charge in [0, 0.05) is 13.1 Å². The van der Waals surface area contributed by atoms with Gasteiger partial charge in [-0.05, 0) is 24.6 Å². The van der Waals surface area contributed by atoms with Crippen LogP contribution in [0.3, 0.4) is 0 Å². The number of aryl methyl sites for hydroxylation is 1. The van der Waals surface area contributed by atoms with Crippen molar-refractivity contribution < 1.29 is 4.74 Å². The summed E-state index contributed by atoms with van der Waals surface area (Å²) < 4.78 is 7.34. The highest BCUT2D eigenvalue weighted by atomic mass is 16.5. The molecule has 1 atom stereocenters. The topological polar surface area (TPSA) is 68.7 Å². The minimum Gasteiger partial charge on any atom is -0.377 e. The molecule has 1 aliphatic heterocycles. The summed E-state index contributed by atoms with van der Waals surface area (Å²) >= 11 is 0. The number of hydrogen-bond acceptors (Lipinski definition) is 5. The van der Waals surface area contributed by atoms with Gasteiger partial charge >= 0.3 is 0 Å². The van der Waals surface area contributed by atoms with Gasteiger partial charge in [-0.15, -0.1) is 0 Å². The summed E-state index contributed by atoms with van der Waals surface area (Å²) in [5.41, 5.74) is 7.86. The van der Waals surface area contributed by atoms with Crippen LogP contribution in [-0.2, 0) is 4.74 Å². The molecule has 0 saturated carbocycles. The van der Waals surface area contributed by atoms with Crippen molar-refractivity contribution >= 4 is 11.5 Å². The van der Waals surface area contributed by atoms with Gasteiger partial charge in [0.2, 0.25) is 0 Å². The maximum absolute atomic E-state index is 5.82. The highest BCUT2D eigenvalue weighted by molar-refractivity contribution is 5.53. The first-order valence-electron chi connectivity index (χ1n) is 6.14. The van der Waals surface area contributed by atoms with Gasteiger partial charge in [-0.2, -0.15) is 9.61 Å². The van der Waals surface area contributed by atoms with Crippen LogP contribution in [0.1, 0.15) is 5.56 Å². The molecule has 18 heavy (non-hydrogen) atoms. The Morgan fingerprint density at radius 2 is 2.39 bits per heavy atom. The summed E-state index contributed by atoms with van der Waals surface area (Å²) in [5.74, 6) is 1.04. The van der Waals surface area contributed by atoms with E-state index in [4.69, 9.17) is 10.5 Å². The summed E-state index contributed by atoms with van der Waals surface area (Å²) in [5, 5.41) is 4.29. The molecule has 96 valence electrons. The van der Waals surface area contributed by atoms with E-state index in [1.165, 1.54) is 5.56 Å². The second-order valence-electron chi connectivity index (χ2n) is 4.58. The smallest absolute Gasteiger partial charge is 0.157 e. The molecular formula is C12H17N5O. The molecule has 3 rings (SSSR count). The third-order valence-corrected chi connectivity index (χ3v) is 3.30. The molecule has 2 aromatic heterocycles. The van der Waals surface area contributed by atoms with Crippen LogP contribution in [0, 0.1) is 6.92 Å². The standard InChI is InChI=1S/C12H17N5O/c1-9-4-11-14-8-15-17(11)12(5-9)16-2-3-18-7-10(16)6-13/h4-5,8,10H,2-3,6-7,13H2,1H3. The molecule has 0 aliphatic carbocycles. The second kappa shape index (κ2) is 4.55. The zero-order valence-corrected chi connectivity index (χ0v) is 10.4. The minimum atomic E-state index is 0.202. The highest BCUT2D eigenvalue weighted by Crippen LogP contribution is 2.21. The van der Waals surface area contributed by atoms with E-state index in [0.717, 1.165) is 24.6 Å². The van der Waals surface area contributed by atoms with Crippen LogP contribution in [0.4, 0.5) is 5.82 Å². The maximum Gasteiger partial charge on any atom is 0.157 e. The molecule has 0 aromatic carbocycles. The third kappa shape index (κ3) is 1.83. The lowest BCUT2D eigenvalue weighted by atomic mass is 10.2. The van der Waals surface area contributed by atoms with Crippen molar-refractivity contribution in [2.24, 2.45) is 5.73 Å². The number of ether oxygens (including phenoxy) is 1. The van der Waals surface area contributed by atoms with Crippen LogP contribution in [0.5, 0.6) is 0 Å². The van der Waals surface area contributed by atoms with E-state index < -0.39 is 0 Å². The lowest BCUT2D eigenvalue weighted by molar-refractivity contribution is 0.0956. The van der Waals surface area contributed by atoms with Crippen molar-refractivity contribution in [1.82, 2.24) is 14.6 Å². The fourth-order valence-corrected chi connectivity index (χ4v) is 2.39. The normalized spacial score (nSPS) is 20.6. The van der Waals surface area contributed by atoms with Crippen LogP contribution < -0.4 is 10.6 Å². The van der Waals surface area contributed by atoms with Crippen LogP contribution >= 0.6 is 0 Å². The van der Waals surface area contributed by atoms with Crippen LogP contribution in [0.25, 0.3) is 5.65 Å². The number of fused-ring (bicyclic) bond motifs is 1. The molecule has 0 spiro atoms. The minimum absolute atomic E-state index is 0.202. The fraction of sp³-hybridized carbons (Fsp3) is 0.500. The zero-order valence-electron chi connectivity index (χ0n) is 10.4. The van der Waals surface area contributed by atoms with Gasteiger partial charge in [-0.1, -0.05) is 0 Å². The number of nitrogens with two attached hydrogens (primary N) is 1. The van der Waals surface area contributed by atoms with Crippen molar-refractivity contribution in [2.75, 3.05) is 31.2 Å². The molecule has 2 aromatic rings. The summed E-state index contributed by atoms with van der Waals surface area (Å²) in [7, 11) is 0. The molecule has 0 radical (unpaired) electrons. The molecule has 1 aliphatic rings. The SMILES string of the molecule is Cc1cc(N2CCOCC2CN)n2ncnc2c1. The Bertz CT molecular complexity index is 552. The van der Waals surface area contributed by atoms with Crippen molar-refractivity contribution in [2.45, 2.75) is 13.0 Å². The Hall–Kier alpha value is -1.66. The van der Waals surface area contributed by atoms with E-state index in [2.05, 4.69) is 28.0 Å². The maximum atomic E-state index is 5.82. The summed E-state index contributed by atoms with van der Waals surface area (Å²) in [6, 6.07) is 4.34. The van der Waals surface area contributed by atoms with Gasteiger partial charge in [-0.25, -0.2) is 4.98 Å². The van der Waals surface area contributed by atoms with Gasteiger partial charge < -0.3 is 15.4 Å². The molecule has 2 N–H and O–H groups in total. The molecule has 1 fully saturated rings. The molecular weight excluding hydrogens is 230 g/mol. The van der Waals surface area contributed by atoms with E-state index >= 15 is 0 Å². The van der Waals surface area contributed by atoms with Crippen LogP contribution in [0.2, 0.25) is 0 Å². The monoisotopic (exact) mass is 247 g/mol. The lowest BCUT2D eigenvalue weighted by Crippen LogP contribution is -2.50. The number of hydrogen-bond donors (Lipinski definition) is 1. The second-order valence-corrected chi connectivity index (χ2v) is 4.58. The Morgan fingerprint density at radius 3 is 3.22 bits per heavy atom. The van der Waals surface area contributed by atoms with E-state index in [1.807, 2.05) is 10.6 Å². The van der Waals surface area contributed by atoms with E-state index in [0.29, 0.717) is 13.2 Å². The van der Waals surface area contributed by atoms with Gasteiger partial charge in [0.25, 0.3) is 0 Å². The summed E-state index contributed by atoms with van der Waals surface area (Å²) in [4.78, 5) is 6.51. The number of rotatable bonds is 2. The van der Waals surface area contributed by atoms with Crippen molar-refractivity contribution in [3.63, 3.8) is 0 Å². The fourth-order valence-electron chi connectivity index (χ4n) is 2.39. The number of nitrogens with zero attached hydrogens (tertiary/aromatic N) is 4. The molecule has 1 saturated heterocycles. The average molecular weight is 247 g/mol.